The third kappa shape index (κ3) is 6.27. The Morgan fingerprint density at radius 2 is 1.77 bits per heavy atom. The summed E-state index contributed by atoms with van der Waals surface area (Å²) in [6.45, 7) is 10.3. The molecule has 3 aromatic rings. The third-order valence-electron chi connectivity index (χ3n) is 5.67. The first-order chi connectivity index (χ1) is 16.4. The molecule has 2 aromatic carbocycles. The van der Waals surface area contributed by atoms with Crippen molar-refractivity contribution in [3.05, 3.63) is 59.4 Å². The van der Waals surface area contributed by atoms with Crippen LogP contribution in [0, 0.1) is 0 Å². The van der Waals surface area contributed by atoms with E-state index in [0.29, 0.717) is 33.4 Å². The summed E-state index contributed by atoms with van der Waals surface area (Å²) in [5.74, 6) is 0.333. The first kappa shape index (κ1) is 26.4. The molecule has 188 valence electrons. The first-order valence-electron chi connectivity index (χ1n) is 11.7. The van der Waals surface area contributed by atoms with Gasteiger partial charge in [-0.05, 0) is 66.1 Å². The Labute approximate surface area is 203 Å². The average Bonchev–Trinajstić information content (AvgIpc) is 3.21. The van der Waals surface area contributed by atoms with Crippen LogP contribution in [0.3, 0.4) is 0 Å². The molecule has 0 aliphatic heterocycles. The van der Waals surface area contributed by atoms with Crippen molar-refractivity contribution in [2.45, 2.75) is 59.6 Å². The van der Waals surface area contributed by atoms with Crippen LogP contribution < -0.4 is 4.74 Å². The topological polar surface area (TPSA) is 48.7 Å². The number of carbonyl (C=O) groups is 1. The fourth-order valence-electron chi connectivity index (χ4n) is 3.87. The number of esters is 1. The summed E-state index contributed by atoms with van der Waals surface area (Å²) in [5.41, 5.74) is 4.13. The molecular formula is C28H31F3O4. The molecule has 1 aromatic heterocycles. The van der Waals surface area contributed by atoms with Crippen LogP contribution in [0.4, 0.5) is 13.2 Å². The second-order valence-corrected chi connectivity index (χ2v) is 9.11. The van der Waals surface area contributed by atoms with Gasteiger partial charge in [0, 0.05) is 17.0 Å². The van der Waals surface area contributed by atoms with Gasteiger partial charge in [0.15, 0.2) is 6.61 Å². The molecule has 0 spiro atoms. The summed E-state index contributed by atoms with van der Waals surface area (Å²) in [6, 6.07) is 11.0. The van der Waals surface area contributed by atoms with Gasteiger partial charge in [0.2, 0.25) is 0 Å². The number of allylic oxidation sites excluding steroid dienone is 1. The van der Waals surface area contributed by atoms with E-state index in [4.69, 9.17) is 13.9 Å². The van der Waals surface area contributed by atoms with Crippen LogP contribution >= 0.6 is 0 Å². The Balaban J connectivity index is 2.24. The van der Waals surface area contributed by atoms with Crippen molar-refractivity contribution in [1.29, 1.82) is 0 Å². The van der Waals surface area contributed by atoms with Gasteiger partial charge in [-0.25, -0.2) is 4.79 Å². The maximum atomic E-state index is 13.1. The maximum absolute atomic E-state index is 13.1. The van der Waals surface area contributed by atoms with E-state index in [9.17, 15) is 18.0 Å². The number of rotatable bonds is 8. The van der Waals surface area contributed by atoms with Crippen molar-refractivity contribution in [2.75, 3.05) is 13.2 Å². The molecule has 0 N–H and O–H groups in total. The van der Waals surface area contributed by atoms with Crippen molar-refractivity contribution in [2.24, 2.45) is 0 Å². The zero-order chi connectivity index (χ0) is 25.9. The van der Waals surface area contributed by atoms with Gasteiger partial charge in [-0.1, -0.05) is 45.9 Å². The summed E-state index contributed by atoms with van der Waals surface area (Å²) in [4.78, 5) is 11.9. The van der Waals surface area contributed by atoms with Gasteiger partial charge in [0.25, 0.3) is 0 Å². The zero-order valence-corrected chi connectivity index (χ0v) is 20.9. The first-order valence-corrected chi connectivity index (χ1v) is 11.7. The monoisotopic (exact) mass is 488 g/mol. The van der Waals surface area contributed by atoms with Gasteiger partial charge in [0.05, 0.1) is 6.61 Å². The summed E-state index contributed by atoms with van der Waals surface area (Å²) >= 11 is 0. The maximum Gasteiger partial charge on any atom is 0.422 e. The zero-order valence-electron chi connectivity index (χ0n) is 20.9. The van der Waals surface area contributed by atoms with Gasteiger partial charge in [-0.2, -0.15) is 13.2 Å². The van der Waals surface area contributed by atoms with Crippen molar-refractivity contribution in [1.82, 2.24) is 0 Å². The number of hydrogen-bond donors (Lipinski definition) is 0. The molecule has 0 unspecified atom stereocenters. The second kappa shape index (κ2) is 10.6. The van der Waals surface area contributed by atoms with Gasteiger partial charge in [-0.15, -0.1) is 0 Å². The minimum absolute atomic E-state index is 0.0513. The number of carbonyl (C=O) groups excluding carboxylic acids is 1. The lowest BCUT2D eigenvalue weighted by molar-refractivity contribution is -0.153. The molecule has 4 nitrogen and oxygen atoms in total. The molecule has 7 heteroatoms. The van der Waals surface area contributed by atoms with Crippen molar-refractivity contribution in [3.63, 3.8) is 0 Å². The highest BCUT2D eigenvalue weighted by atomic mass is 19.4. The molecule has 0 saturated carbocycles. The van der Waals surface area contributed by atoms with Crippen LogP contribution in [-0.4, -0.2) is 25.4 Å². The SMILES string of the molecule is CCOC(=O)/C=C(\C)c1cc2c(-c3cc(C(C)C)cc(C(C)C)c3OCC(F)(F)F)cccc2o1. The standard InChI is InChI=1S/C28H31F3O4/c1-7-33-26(32)11-18(6)25-14-22-20(9-8-10-24(22)35-25)23-13-19(16(2)3)12-21(17(4)5)27(23)34-15-28(29,30)31/h8-14,16-17H,7,15H2,1-6H3/b18-11+. The number of fused-ring (bicyclic) bond motifs is 1. The van der Waals surface area contributed by atoms with Crippen LogP contribution in [0.15, 0.2) is 46.9 Å². The minimum atomic E-state index is -4.47. The highest BCUT2D eigenvalue weighted by Crippen LogP contribution is 2.43. The molecule has 0 atom stereocenters. The Morgan fingerprint density at radius 1 is 1.06 bits per heavy atom. The molecule has 0 fully saturated rings. The summed E-state index contributed by atoms with van der Waals surface area (Å²) in [6.07, 6.45) is -3.11. The van der Waals surface area contributed by atoms with Crippen LogP contribution in [0.5, 0.6) is 5.75 Å². The molecule has 0 amide bonds. The lowest BCUT2D eigenvalue weighted by Gasteiger charge is -2.22. The largest absolute Gasteiger partial charge is 0.483 e. The lowest BCUT2D eigenvalue weighted by Crippen LogP contribution is -2.20. The number of hydrogen-bond acceptors (Lipinski definition) is 4. The Morgan fingerprint density at radius 3 is 2.37 bits per heavy atom. The van der Waals surface area contributed by atoms with E-state index in [1.165, 1.54) is 6.08 Å². The van der Waals surface area contributed by atoms with E-state index in [0.717, 1.165) is 11.1 Å². The van der Waals surface area contributed by atoms with Crippen LogP contribution in [0.2, 0.25) is 0 Å². The van der Waals surface area contributed by atoms with E-state index in [1.54, 1.807) is 32.0 Å². The van der Waals surface area contributed by atoms with E-state index in [1.807, 2.05) is 45.9 Å². The average molecular weight is 489 g/mol. The van der Waals surface area contributed by atoms with Gasteiger partial charge < -0.3 is 13.9 Å². The number of ether oxygens (including phenoxy) is 2. The fraction of sp³-hybridized carbons (Fsp3) is 0.393. The summed E-state index contributed by atoms with van der Waals surface area (Å²) < 4.78 is 55.8. The van der Waals surface area contributed by atoms with Crippen molar-refractivity contribution >= 4 is 22.5 Å². The molecule has 0 aliphatic rings. The molecule has 35 heavy (non-hydrogen) atoms. The highest BCUT2D eigenvalue weighted by Gasteiger charge is 2.30. The van der Waals surface area contributed by atoms with Crippen LogP contribution in [0.25, 0.3) is 27.7 Å². The second-order valence-electron chi connectivity index (χ2n) is 9.11. The molecule has 1 heterocycles. The molecule has 0 aliphatic carbocycles. The van der Waals surface area contributed by atoms with Crippen LogP contribution in [-0.2, 0) is 9.53 Å². The summed E-state index contributed by atoms with van der Waals surface area (Å²) in [7, 11) is 0. The number of benzene rings is 2. The smallest absolute Gasteiger partial charge is 0.422 e. The molecule has 3 rings (SSSR count). The molecule has 0 saturated heterocycles. The molecular weight excluding hydrogens is 457 g/mol. The Kier molecular flexibility index (Phi) is 7.98. The van der Waals surface area contributed by atoms with Crippen molar-refractivity contribution < 1.29 is 31.9 Å². The normalized spacial score (nSPS) is 12.6. The summed E-state index contributed by atoms with van der Waals surface area (Å²) in [5, 5.41) is 0.714. The number of furan rings is 1. The minimum Gasteiger partial charge on any atom is -0.483 e. The quantitative estimate of drug-likeness (QED) is 0.237. The lowest BCUT2D eigenvalue weighted by atomic mass is 9.88. The van der Waals surface area contributed by atoms with Crippen molar-refractivity contribution in [3.8, 4) is 16.9 Å². The van der Waals surface area contributed by atoms with E-state index in [2.05, 4.69) is 0 Å². The predicted octanol–water partition coefficient (Wildman–Crippen LogP) is 8.25. The Bertz CT molecular complexity index is 1230. The number of halogens is 3. The molecule has 0 bridgehead atoms. The fourth-order valence-corrected chi connectivity index (χ4v) is 3.87. The Hall–Kier alpha value is -3.22. The van der Waals surface area contributed by atoms with Crippen LogP contribution in [0.1, 0.15) is 70.3 Å². The van der Waals surface area contributed by atoms with E-state index < -0.39 is 18.8 Å². The van der Waals surface area contributed by atoms with Gasteiger partial charge in [-0.3, -0.25) is 0 Å². The van der Waals surface area contributed by atoms with E-state index >= 15 is 0 Å². The molecule has 0 radical (unpaired) electrons. The van der Waals surface area contributed by atoms with E-state index in [-0.39, 0.29) is 24.2 Å². The van der Waals surface area contributed by atoms with Gasteiger partial charge in [0.1, 0.15) is 17.1 Å². The number of alkyl halides is 3. The van der Waals surface area contributed by atoms with Gasteiger partial charge >= 0.3 is 12.1 Å². The predicted molar refractivity (Wildman–Crippen MR) is 132 cm³/mol. The highest BCUT2D eigenvalue weighted by molar-refractivity contribution is 5.99. The third-order valence-corrected chi connectivity index (χ3v) is 5.67.